The Balaban J connectivity index is 1.94. The normalized spacial score (nSPS) is 12.4. The van der Waals surface area contributed by atoms with Crippen LogP contribution < -0.4 is 5.32 Å². The molecule has 1 N–H and O–H groups in total. The molecule has 106 valence electrons. The molecule has 0 radical (unpaired) electrons. The van der Waals surface area contributed by atoms with Crippen LogP contribution in [0.5, 0.6) is 0 Å². The van der Waals surface area contributed by atoms with E-state index in [9.17, 15) is 4.79 Å². The van der Waals surface area contributed by atoms with Gasteiger partial charge < -0.3 is 9.73 Å². The minimum atomic E-state index is -0.236. The van der Waals surface area contributed by atoms with Gasteiger partial charge in [0, 0.05) is 5.69 Å². The van der Waals surface area contributed by atoms with Crippen molar-refractivity contribution >= 4 is 11.6 Å². The van der Waals surface area contributed by atoms with Crippen molar-refractivity contribution in [2.24, 2.45) is 0 Å². The second-order valence-electron chi connectivity index (χ2n) is 5.03. The van der Waals surface area contributed by atoms with Crippen molar-refractivity contribution in [3.8, 4) is 0 Å². The van der Waals surface area contributed by atoms with Gasteiger partial charge in [-0.05, 0) is 50.7 Å². The molecule has 0 spiro atoms. The Morgan fingerprint density at radius 3 is 2.80 bits per heavy atom. The first kappa shape index (κ1) is 14.3. The monoisotopic (exact) mass is 272 g/mol. The molecule has 0 saturated carbocycles. The van der Waals surface area contributed by atoms with Gasteiger partial charge in [-0.15, -0.1) is 0 Å². The van der Waals surface area contributed by atoms with Crippen LogP contribution in [0.3, 0.4) is 0 Å². The molecule has 1 aromatic carbocycles. The van der Waals surface area contributed by atoms with Crippen LogP contribution >= 0.6 is 0 Å². The van der Waals surface area contributed by atoms with Gasteiger partial charge in [-0.1, -0.05) is 12.1 Å². The fourth-order valence-corrected chi connectivity index (χ4v) is 1.95. The van der Waals surface area contributed by atoms with Gasteiger partial charge in [0.1, 0.15) is 5.76 Å². The van der Waals surface area contributed by atoms with Gasteiger partial charge >= 0.3 is 0 Å². The molecule has 1 aromatic heterocycles. The number of carbonyl (C=O) groups is 1. The maximum atomic E-state index is 12.2. The molecule has 1 unspecified atom stereocenters. The van der Waals surface area contributed by atoms with E-state index in [0.717, 1.165) is 17.0 Å². The highest BCUT2D eigenvalue weighted by Crippen LogP contribution is 2.12. The van der Waals surface area contributed by atoms with E-state index in [0.29, 0.717) is 6.54 Å². The summed E-state index contributed by atoms with van der Waals surface area (Å²) in [5.74, 6) is 0.826. The summed E-state index contributed by atoms with van der Waals surface area (Å²) >= 11 is 0. The summed E-state index contributed by atoms with van der Waals surface area (Å²) in [4.78, 5) is 14.2. The number of nitrogens with one attached hydrogen (secondary N) is 1. The molecular weight excluding hydrogens is 252 g/mol. The Bertz CT molecular complexity index is 564. The number of anilines is 1. The Morgan fingerprint density at radius 1 is 1.35 bits per heavy atom. The average Bonchev–Trinajstić information content (AvgIpc) is 2.90. The molecule has 20 heavy (non-hydrogen) atoms. The van der Waals surface area contributed by atoms with Crippen LogP contribution in [0.15, 0.2) is 47.1 Å². The number of hydrogen-bond donors (Lipinski definition) is 1. The molecule has 4 heteroatoms. The highest BCUT2D eigenvalue weighted by molar-refractivity contribution is 5.94. The number of hydrogen-bond acceptors (Lipinski definition) is 3. The summed E-state index contributed by atoms with van der Waals surface area (Å²) < 4.78 is 5.29. The largest absolute Gasteiger partial charge is 0.468 e. The number of furan rings is 1. The third-order valence-electron chi connectivity index (χ3n) is 3.31. The molecule has 4 nitrogen and oxygen atoms in total. The highest BCUT2D eigenvalue weighted by Gasteiger charge is 2.18. The summed E-state index contributed by atoms with van der Waals surface area (Å²) in [5, 5.41) is 2.93. The van der Waals surface area contributed by atoms with Gasteiger partial charge in [-0.3, -0.25) is 9.69 Å². The highest BCUT2D eigenvalue weighted by atomic mass is 16.3. The van der Waals surface area contributed by atoms with Gasteiger partial charge in [-0.25, -0.2) is 0 Å². The lowest BCUT2D eigenvalue weighted by Crippen LogP contribution is -2.39. The van der Waals surface area contributed by atoms with Gasteiger partial charge in [0.2, 0.25) is 5.91 Å². The lowest BCUT2D eigenvalue weighted by Gasteiger charge is -2.22. The van der Waals surface area contributed by atoms with E-state index in [2.05, 4.69) is 5.32 Å². The van der Waals surface area contributed by atoms with Crippen LogP contribution in [-0.2, 0) is 11.3 Å². The summed E-state index contributed by atoms with van der Waals surface area (Å²) in [5.41, 5.74) is 1.95. The van der Waals surface area contributed by atoms with E-state index in [1.54, 1.807) is 6.26 Å². The maximum Gasteiger partial charge on any atom is 0.241 e. The van der Waals surface area contributed by atoms with Crippen molar-refractivity contribution in [3.63, 3.8) is 0 Å². The summed E-state index contributed by atoms with van der Waals surface area (Å²) in [7, 11) is 1.91. The zero-order chi connectivity index (χ0) is 14.5. The van der Waals surface area contributed by atoms with Crippen LogP contribution in [0.2, 0.25) is 0 Å². The van der Waals surface area contributed by atoms with Gasteiger partial charge in [0.15, 0.2) is 0 Å². The zero-order valence-corrected chi connectivity index (χ0v) is 12.1. The number of aryl methyl sites for hydroxylation is 1. The Labute approximate surface area is 119 Å². The van der Waals surface area contributed by atoms with E-state index >= 15 is 0 Å². The molecule has 0 aliphatic heterocycles. The van der Waals surface area contributed by atoms with E-state index < -0.39 is 0 Å². The SMILES string of the molecule is Cc1cccc(NC(=O)C(C)N(C)Cc2ccco2)c1. The van der Waals surface area contributed by atoms with Crippen molar-refractivity contribution in [2.45, 2.75) is 26.4 Å². The summed E-state index contributed by atoms with van der Waals surface area (Å²) in [6.07, 6.45) is 1.64. The fraction of sp³-hybridized carbons (Fsp3) is 0.312. The van der Waals surface area contributed by atoms with E-state index in [4.69, 9.17) is 4.42 Å². The Morgan fingerprint density at radius 2 is 2.15 bits per heavy atom. The molecule has 1 atom stereocenters. The molecule has 1 heterocycles. The summed E-state index contributed by atoms with van der Waals surface area (Å²) in [6.45, 7) is 4.49. The second kappa shape index (κ2) is 6.39. The number of rotatable bonds is 5. The fourth-order valence-electron chi connectivity index (χ4n) is 1.95. The van der Waals surface area contributed by atoms with Gasteiger partial charge in [0.25, 0.3) is 0 Å². The second-order valence-corrected chi connectivity index (χ2v) is 5.03. The quantitative estimate of drug-likeness (QED) is 0.910. The van der Waals surface area contributed by atoms with E-state index in [-0.39, 0.29) is 11.9 Å². The van der Waals surface area contributed by atoms with E-state index in [1.807, 2.05) is 62.2 Å². The third-order valence-corrected chi connectivity index (χ3v) is 3.31. The van der Waals surface area contributed by atoms with Crippen LogP contribution in [0.1, 0.15) is 18.2 Å². The molecule has 2 rings (SSSR count). The lowest BCUT2D eigenvalue weighted by molar-refractivity contribution is -0.120. The number of likely N-dealkylation sites (N-methyl/N-ethyl adjacent to an activating group) is 1. The first-order chi connectivity index (χ1) is 9.56. The van der Waals surface area contributed by atoms with Crippen LogP contribution in [0.25, 0.3) is 0 Å². The average molecular weight is 272 g/mol. The predicted molar refractivity (Wildman–Crippen MR) is 79.4 cm³/mol. The van der Waals surface area contributed by atoms with Gasteiger partial charge in [0.05, 0.1) is 18.8 Å². The Hall–Kier alpha value is -2.07. The number of amides is 1. The topological polar surface area (TPSA) is 45.5 Å². The molecule has 2 aromatic rings. The lowest BCUT2D eigenvalue weighted by atomic mass is 10.2. The number of carbonyl (C=O) groups excluding carboxylic acids is 1. The van der Waals surface area contributed by atoms with Crippen molar-refractivity contribution in [1.29, 1.82) is 0 Å². The van der Waals surface area contributed by atoms with Crippen molar-refractivity contribution in [3.05, 3.63) is 54.0 Å². The maximum absolute atomic E-state index is 12.2. The standard InChI is InChI=1S/C16H20N2O2/c1-12-6-4-7-14(10-12)17-16(19)13(2)18(3)11-15-8-5-9-20-15/h4-10,13H,11H2,1-3H3,(H,17,19). The molecule has 0 saturated heterocycles. The zero-order valence-electron chi connectivity index (χ0n) is 12.1. The minimum Gasteiger partial charge on any atom is -0.468 e. The first-order valence-electron chi connectivity index (χ1n) is 6.66. The molecule has 0 aliphatic carbocycles. The minimum absolute atomic E-state index is 0.0235. The number of benzene rings is 1. The van der Waals surface area contributed by atoms with Crippen LogP contribution in [0.4, 0.5) is 5.69 Å². The predicted octanol–water partition coefficient (Wildman–Crippen LogP) is 3.05. The van der Waals surface area contributed by atoms with E-state index in [1.165, 1.54) is 0 Å². The van der Waals surface area contributed by atoms with Crippen molar-refractivity contribution in [1.82, 2.24) is 4.90 Å². The molecular formula is C16H20N2O2. The van der Waals surface area contributed by atoms with Crippen molar-refractivity contribution < 1.29 is 9.21 Å². The molecule has 1 amide bonds. The van der Waals surface area contributed by atoms with Crippen molar-refractivity contribution in [2.75, 3.05) is 12.4 Å². The summed E-state index contributed by atoms with van der Waals surface area (Å²) in [6, 6.07) is 11.3. The van der Waals surface area contributed by atoms with Gasteiger partial charge in [-0.2, -0.15) is 0 Å². The molecule has 0 aliphatic rings. The first-order valence-corrected chi connectivity index (χ1v) is 6.66. The van der Waals surface area contributed by atoms with Crippen LogP contribution in [-0.4, -0.2) is 23.9 Å². The van der Waals surface area contributed by atoms with Crippen LogP contribution in [0, 0.1) is 6.92 Å². The number of nitrogens with zero attached hydrogens (tertiary/aromatic N) is 1. The molecule has 0 bridgehead atoms. The smallest absolute Gasteiger partial charge is 0.241 e. The third kappa shape index (κ3) is 3.71. The Kier molecular flexibility index (Phi) is 4.58. The molecule has 0 fully saturated rings.